The molecule has 0 amide bonds. The van der Waals surface area contributed by atoms with Gasteiger partial charge in [-0.2, -0.15) is 10.1 Å². The average Bonchev–Trinajstić information content (AvgIpc) is 3.31. The van der Waals surface area contributed by atoms with E-state index < -0.39 is 10.0 Å². The summed E-state index contributed by atoms with van der Waals surface area (Å²) in [6, 6.07) is 6.98. The first kappa shape index (κ1) is 20.1. The summed E-state index contributed by atoms with van der Waals surface area (Å²) < 4.78 is 32.5. The normalized spacial score (nSPS) is 18.5. The van der Waals surface area contributed by atoms with E-state index in [-0.39, 0.29) is 10.6 Å². The van der Waals surface area contributed by atoms with Gasteiger partial charge in [-0.25, -0.2) is 18.0 Å². The number of aryl methyl sites for hydroxylation is 1. The Morgan fingerprint density at radius 2 is 2.07 bits per heavy atom. The van der Waals surface area contributed by atoms with E-state index in [0.29, 0.717) is 18.1 Å². The highest BCUT2D eigenvalue weighted by atomic mass is 32.2. The van der Waals surface area contributed by atoms with Gasteiger partial charge in [-0.15, -0.1) is 0 Å². The van der Waals surface area contributed by atoms with E-state index >= 15 is 0 Å². The summed E-state index contributed by atoms with van der Waals surface area (Å²) in [5.41, 5.74) is 2.56. The van der Waals surface area contributed by atoms with E-state index in [0.717, 1.165) is 27.9 Å². The van der Waals surface area contributed by atoms with E-state index in [1.165, 1.54) is 14.2 Å². The van der Waals surface area contributed by atoms with Gasteiger partial charge >= 0.3 is 0 Å². The van der Waals surface area contributed by atoms with Gasteiger partial charge in [0.25, 0.3) is 0 Å². The molecule has 0 saturated heterocycles. The summed E-state index contributed by atoms with van der Waals surface area (Å²) in [6.45, 7) is 4.39. The van der Waals surface area contributed by atoms with Gasteiger partial charge in [-0.3, -0.25) is 10.4 Å². The number of ether oxygens (including phenoxy) is 1. The van der Waals surface area contributed by atoms with Crippen molar-refractivity contribution in [3.05, 3.63) is 53.9 Å². The third kappa shape index (κ3) is 3.70. The molecule has 11 heteroatoms. The molecule has 2 aliphatic rings. The number of hydrogen-bond acceptors (Lipinski definition) is 7. The van der Waals surface area contributed by atoms with Crippen LogP contribution in [-0.2, 0) is 10.0 Å². The number of anilines is 2. The topological polar surface area (TPSA) is 116 Å². The Bertz CT molecular complexity index is 1180. The molecule has 0 spiro atoms. The van der Waals surface area contributed by atoms with E-state index in [1.807, 2.05) is 43.3 Å². The number of aliphatic imine (C=N–C) groups is 1. The van der Waals surface area contributed by atoms with Crippen molar-refractivity contribution in [2.75, 3.05) is 30.9 Å². The Balaban J connectivity index is 1.75. The van der Waals surface area contributed by atoms with Crippen LogP contribution in [-0.4, -0.2) is 45.2 Å². The SMILES string of the molecule is CNS(=O)(=O)c1cc(N2C=C(Nc3cc(C)[nH]n3)[NH+]3C=C(C)N=C3C2)ccc1OC. The number of nitrogens with zero attached hydrogens (tertiary/aromatic N) is 3. The lowest BCUT2D eigenvalue weighted by atomic mass is 10.2. The molecule has 0 radical (unpaired) electrons. The number of sulfonamides is 1. The second-order valence-electron chi connectivity index (χ2n) is 7.03. The second-order valence-corrected chi connectivity index (χ2v) is 8.89. The van der Waals surface area contributed by atoms with Crippen molar-refractivity contribution in [3.8, 4) is 5.75 Å². The van der Waals surface area contributed by atoms with Crippen LogP contribution in [0.5, 0.6) is 5.75 Å². The van der Waals surface area contributed by atoms with Crippen LogP contribution in [0.25, 0.3) is 0 Å². The number of rotatable bonds is 6. The maximum absolute atomic E-state index is 12.5. The number of benzene rings is 1. The molecule has 0 bridgehead atoms. The zero-order chi connectivity index (χ0) is 21.5. The fraction of sp³-hybridized carbons (Fsp3) is 0.263. The van der Waals surface area contributed by atoms with Crippen molar-refractivity contribution in [2.24, 2.45) is 4.99 Å². The van der Waals surface area contributed by atoms with Crippen molar-refractivity contribution >= 4 is 27.4 Å². The lowest BCUT2D eigenvalue weighted by molar-refractivity contribution is -0.698. The molecule has 30 heavy (non-hydrogen) atoms. The first-order chi connectivity index (χ1) is 14.3. The molecule has 1 aromatic heterocycles. The van der Waals surface area contributed by atoms with Gasteiger partial charge in [-0.05, 0) is 39.1 Å². The molecule has 4 rings (SSSR count). The van der Waals surface area contributed by atoms with Crippen LogP contribution in [0.3, 0.4) is 0 Å². The number of aromatic nitrogens is 2. The Kier molecular flexibility index (Phi) is 5.10. The van der Waals surface area contributed by atoms with Crippen LogP contribution in [0.2, 0.25) is 0 Å². The summed E-state index contributed by atoms with van der Waals surface area (Å²) in [5.74, 6) is 2.71. The zero-order valence-electron chi connectivity index (χ0n) is 17.1. The first-order valence-corrected chi connectivity index (χ1v) is 10.8. The summed E-state index contributed by atoms with van der Waals surface area (Å²) >= 11 is 0. The molecule has 1 unspecified atom stereocenters. The van der Waals surface area contributed by atoms with Gasteiger partial charge in [0, 0.05) is 17.4 Å². The minimum absolute atomic E-state index is 0.0771. The molecule has 1 atom stereocenters. The maximum Gasteiger partial charge on any atom is 0.244 e. The van der Waals surface area contributed by atoms with Gasteiger partial charge in [-0.1, -0.05) is 0 Å². The lowest BCUT2D eigenvalue weighted by Crippen LogP contribution is -3.10. The summed E-state index contributed by atoms with van der Waals surface area (Å²) in [7, 11) is -0.866. The maximum atomic E-state index is 12.5. The molecular weight excluding hydrogens is 406 g/mol. The largest absolute Gasteiger partial charge is 0.495 e. The highest BCUT2D eigenvalue weighted by Crippen LogP contribution is 2.29. The molecule has 4 N–H and O–H groups in total. The zero-order valence-corrected chi connectivity index (χ0v) is 18.0. The summed E-state index contributed by atoms with van der Waals surface area (Å²) in [5, 5.41) is 10.5. The van der Waals surface area contributed by atoms with Crippen LogP contribution in [0.1, 0.15) is 12.6 Å². The van der Waals surface area contributed by atoms with Crippen LogP contribution < -0.4 is 24.6 Å². The number of quaternary nitrogens is 1. The average molecular weight is 431 g/mol. The molecule has 1 aromatic carbocycles. The number of H-pyrrole nitrogens is 1. The second kappa shape index (κ2) is 7.59. The van der Waals surface area contributed by atoms with Crippen molar-refractivity contribution in [1.29, 1.82) is 0 Å². The van der Waals surface area contributed by atoms with E-state index in [9.17, 15) is 8.42 Å². The Labute approximate surface area is 175 Å². The summed E-state index contributed by atoms with van der Waals surface area (Å²) in [6.07, 6.45) is 3.96. The molecule has 2 aliphatic heterocycles. The minimum Gasteiger partial charge on any atom is -0.495 e. The van der Waals surface area contributed by atoms with Crippen LogP contribution in [0, 0.1) is 6.92 Å². The summed E-state index contributed by atoms with van der Waals surface area (Å²) in [4.78, 5) is 7.67. The van der Waals surface area contributed by atoms with Gasteiger partial charge in [0.05, 0.1) is 19.0 Å². The Morgan fingerprint density at radius 3 is 2.73 bits per heavy atom. The molecule has 2 aromatic rings. The van der Waals surface area contributed by atoms with Crippen molar-refractivity contribution in [2.45, 2.75) is 18.7 Å². The quantitative estimate of drug-likeness (QED) is 0.531. The molecule has 10 nitrogen and oxygen atoms in total. The number of allylic oxidation sites excluding steroid dienone is 1. The van der Waals surface area contributed by atoms with Gasteiger partial charge in [0.2, 0.25) is 21.7 Å². The smallest absolute Gasteiger partial charge is 0.244 e. The van der Waals surface area contributed by atoms with Gasteiger partial charge in [0.1, 0.15) is 23.4 Å². The number of amidine groups is 1. The molecule has 158 valence electrons. The fourth-order valence-corrected chi connectivity index (χ4v) is 4.35. The van der Waals surface area contributed by atoms with Crippen molar-refractivity contribution in [3.63, 3.8) is 0 Å². The van der Waals surface area contributed by atoms with E-state index in [1.54, 1.807) is 12.1 Å². The first-order valence-electron chi connectivity index (χ1n) is 9.33. The number of methoxy groups -OCH3 is 1. The Morgan fingerprint density at radius 1 is 1.27 bits per heavy atom. The fourth-order valence-electron chi connectivity index (χ4n) is 3.43. The van der Waals surface area contributed by atoms with E-state index in [2.05, 4.69) is 25.2 Å². The monoisotopic (exact) mass is 430 g/mol. The van der Waals surface area contributed by atoms with Crippen molar-refractivity contribution in [1.82, 2.24) is 14.9 Å². The highest BCUT2D eigenvalue weighted by Gasteiger charge is 2.34. The van der Waals surface area contributed by atoms with Gasteiger partial charge in [0.15, 0.2) is 5.82 Å². The standard InChI is InChI=1S/C19H23N7O3S/c1-12-7-17(24-23-12)22-19-11-25(10-18-21-13(2)9-26(18)19)14-5-6-15(29-4)16(8-14)30(27,28)20-3/h5-9,11,20H,10H2,1-4H3,(H2,22,23,24)/p+1. The van der Waals surface area contributed by atoms with Crippen LogP contribution in [0.4, 0.5) is 11.5 Å². The molecule has 0 aliphatic carbocycles. The van der Waals surface area contributed by atoms with Gasteiger partial charge < -0.3 is 9.64 Å². The molecule has 0 fully saturated rings. The predicted molar refractivity (Wildman–Crippen MR) is 114 cm³/mol. The highest BCUT2D eigenvalue weighted by molar-refractivity contribution is 7.89. The number of aromatic amines is 1. The molecule has 3 heterocycles. The lowest BCUT2D eigenvalue weighted by Gasteiger charge is -2.29. The minimum atomic E-state index is -3.69. The van der Waals surface area contributed by atoms with Crippen LogP contribution in [0.15, 0.2) is 58.1 Å². The van der Waals surface area contributed by atoms with Crippen LogP contribution >= 0.6 is 0 Å². The Hall–Kier alpha value is -3.15. The third-order valence-electron chi connectivity index (χ3n) is 4.88. The third-order valence-corrected chi connectivity index (χ3v) is 6.31. The van der Waals surface area contributed by atoms with E-state index in [4.69, 9.17) is 4.74 Å². The predicted octanol–water partition coefficient (Wildman–Crippen LogP) is 0.524. The number of nitrogens with one attached hydrogen (secondary N) is 4. The number of hydrogen-bond donors (Lipinski definition) is 4. The molecular formula is C19H24N7O3S+. The number of fused-ring (bicyclic) bond motifs is 1. The molecule has 0 saturated carbocycles. The van der Waals surface area contributed by atoms with Crippen molar-refractivity contribution < 1.29 is 18.1 Å².